The Labute approximate surface area is 167 Å². The molecule has 0 saturated heterocycles. The van der Waals surface area contributed by atoms with Crippen molar-refractivity contribution in [3.63, 3.8) is 0 Å². The van der Waals surface area contributed by atoms with Gasteiger partial charge in [-0.05, 0) is 11.1 Å². The number of rotatable bonds is 8. The largest absolute Gasteiger partial charge is 0.382 e. The molecule has 136 valence electrons. The molecule has 0 fully saturated rings. The average molecular weight is 394 g/mol. The molecular formula is C20H19N5S2. The number of nitrogens with one attached hydrogen (secondary N) is 1. The first-order valence-corrected chi connectivity index (χ1v) is 10.3. The van der Waals surface area contributed by atoms with Gasteiger partial charge in [0.1, 0.15) is 17.3 Å². The van der Waals surface area contributed by atoms with Crippen LogP contribution < -0.4 is 11.1 Å². The Morgan fingerprint density at radius 1 is 0.889 bits per heavy atom. The zero-order valence-corrected chi connectivity index (χ0v) is 16.3. The molecule has 0 aliphatic rings. The van der Waals surface area contributed by atoms with E-state index >= 15 is 0 Å². The van der Waals surface area contributed by atoms with Gasteiger partial charge in [0.15, 0.2) is 11.0 Å². The summed E-state index contributed by atoms with van der Waals surface area (Å²) in [6.45, 7) is 0.156. The smallest absolute Gasteiger partial charge is 0.191 e. The minimum Gasteiger partial charge on any atom is -0.382 e. The molecule has 7 heteroatoms. The van der Waals surface area contributed by atoms with E-state index in [1.54, 1.807) is 23.5 Å². The second kappa shape index (κ2) is 9.86. The lowest BCUT2D eigenvalue weighted by Crippen LogP contribution is -2.08. The van der Waals surface area contributed by atoms with E-state index in [0.717, 1.165) is 16.5 Å². The van der Waals surface area contributed by atoms with Gasteiger partial charge in [-0.2, -0.15) is 5.26 Å². The maximum atomic E-state index is 8.88. The number of benzene rings is 2. The van der Waals surface area contributed by atoms with Gasteiger partial charge in [-0.3, -0.25) is 0 Å². The molecule has 2 aromatic carbocycles. The summed E-state index contributed by atoms with van der Waals surface area (Å²) in [6.07, 6.45) is 0. The Morgan fingerprint density at radius 3 is 2.07 bits per heavy atom. The SMILES string of the molecule is N#CCNc1c(N)nc(SCc2ccccc2)nc1SCc1ccccc1. The first-order chi connectivity index (χ1) is 13.3. The van der Waals surface area contributed by atoms with Gasteiger partial charge < -0.3 is 11.1 Å². The molecule has 5 nitrogen and oxygen atoms in total. The highest BCUT2D eigenvalue weighted by atomic mass is 32.2. The molecule has 0 unspecified atom stereocenters. The van der Waals surface area contributed by atoms with E-state index in [2.05, 4.69) is 45.6 Å². The zero-order chi connectivity index (χ0) is 18.9. The fraction of sp³-hybridized carbons (Fsp3) is 0.150. The number of nitriles is 1. The van der Waals surface area contributed by atoms with E-state index in [4.69, 9.17) is 11.0 Å². The van der Waals surface area contributed by atoms with Crippen molar-refractivity contribution in [2.75, 3.05) is 17.6 Å². The van der Waals surface area contributed by atoms with Gasteiger partial charge in [-0.1, -0.05) is 84.2 Å². The minimum absolute atomic E-state index is 0.156. The first-order valence-electron chi connectivity index (χ1n) is 8.38. The van der Waals surface area contributed by atoms with E-state index in [1.165, 1.54) is 11.1 Å². The van der Waals surface area contributed by atoms with Gasteiger partial charge in [0.05, 0.1) is 6.07 Å². The fourth-order valence-corrected chi connectivity index (χ4v) is 4.18. The van der Waals surface area contributed by atoms with Gasteiger partial charge in [-0.15, -0.1) is 0 Å². The van der Waals surface area contributed by atoms with Crippen molar-refractivity contribution >= 4 is 35.0 Å². The van der Waals surface area contributed by atoms with Gasteiger partial charge in [0.25, 0.3) is 0 Å². The van der Waals surface area contributed by atoms with E-state index in [1.807, 2.05) is 36.4 Å². The van der Waals surface area contributed by atoms with Crippen molar-refractivity contribution < 1.29 is 0 Å². The number of hydrogen-bond acceptors (Lipinski definition) is 7. The maximum Gasteiger partial charge on any atom is 0.191 e. The lowest BCUT2D eigenvalue weighted by Gasteiger charge is -2.13. The minimum atomic E-state index is 0.156. The molecule has 0 spiro atoms. The monoisotopic (exact) mass is 393 g/mol. The third kappa shape index (κ3) is 5.64. The second-order valence-corrected chi connectivity index (χ2v) is 7.54. The van der Waals surface area contributed by atoms with Crippen molar-refractivity contribution in [3.8, 4) is 6.07 Å². The van der Waals surface area contributed by atoms with Crippen LogP contribution in [0.25, 0.3) is 0 Å². The Morgan fingerprint density at radius 2 is 1.48 bits per heavy atom. The van der Waals surface area contributed by atoms with Crippen LogP contribution in [0.5, 0.6) is 0 Å². The van der Waals surface area contributed by atoms with Crippen LogP contribution in [-0.4, -0.2) is 16.5 Å². The van der Waals surface area contributed by atoms with E-state index < -0.39 is 0 Å². The molecule has 3 rings (SSSR count). The summed E-state index contributed by atoms with van der Waals surface area (Å²) in [5.74, 6) is 1.90. The van der Waals surface area contributed by atoms with Crippen LogP contribution in [0.1, 0.15) is 11.1 Å². The molecule has 3 aromatic rings. The molecule has 0 radical (unpaired) electrons. The van der Waals surface area contributed by atoms with Crippen LogP contribution in [0.2, 0.25) is 0 Å². The molecule has 0 atom stereocenters. The topological polar surface area (TPSA) is 87.6 Å². The molecule has 0 aliphatic carbocycles. The quantitative estimate of drug-likeness (QED) is 0.251. The molecular weight excluding hydrogens is 374 g/mol. The average Bonchev–Trinajstić information content (AvgIpc) is 2.71. The molecule has 1 aromatic heterocycles. The summed E-state index contributed by atoms with van der Waals surface area (Å²) >= 11 is 3.13. The molecule has 27 heavy (non-hydrogen) atoms. The summed E-state index contributed by atoms with van der Waals surface area (Å²) in [5.41, 5.74) is 9.18. The Hall–Kier alpha value is -2.69. The standard InChI is InChI=1S/C20H19N5S2/c21-11-12-23-17-18(22)24-20(27-14-16-9-5-2-6-10-16)25-19(17)26-13-15-7-3-1-4-8-15/h1-10,23H,12-14H2,(H2,22,24,25). The Kier molecular flexibility index (Phi) is 6.97. The van der Waals surface area contributed by atoms with Crippen LogP contribution in [0.15, 0.2) is 70.8 Å². The highest BCUT2D eigenvalue weighted by Gasteiger charge is 2.14. The number of anilines is 2. The van der Waals surface area contributed by atoms with Crippen molar-refractivity contribution in [1.82, 2.24) is 9.97 Å². The van der Waals surface area contributed by atoms with Crippen LogP contribution in [-0.2, 0) is 11.5 Å². The van der Waals surface area contributed by atoms with Crippen LogP contribution in [0, 0.1) is 11.3 Å². The van der Waals surface area contributed by atoms with Crippen LogP contribution >= 0.6 is 23.5 Å². The molecule has 0 bridgehead atoms. The maximum absolute atomic E-state index is 8.88. The number of thioether (sulfide) groups is 2. The molecule has 0 aliphatic heterocycles. The molecule has 1 heterocycles. The summed E-state index contributed by atoms with van der Waals surface area (Å²) < 4.78 is 0. The van der Waals surface area contributed by atoms with Gasteiger partial charge in [0.2, 0.25) is 0 Å². The number of hydrogen-bond donors (Lipinski definition) is 2. The predicted octanol–water partition coefficient (Wildman–Crippen LogP) is 4.58. The third-order valence-corrected chi connectivity index (χ3v) is 5.62. The summed E-state index contributed by atoms with van der Waals surface area (Å²) in [5, 5.41) is 13.3. The summed E-state index contributed by atoms with van der Waals surface area (Å²) in [4.78, 5) is 9.08. The molecule has 0 saturated carbocycles. The lowest BCUT2D eigenvalue weighted by atomic mass is 10.2. The van der Waals surface area contributed by atoms with Gasteiger partial charge in [0, 0.05) is 11.5 Å². The van der Waals surface area contributed by atoms with Crippen molar-refractivity contribution in [2.24, 2.45) is 0 Å². The molecule has 3 N–H and O–H groups in total. The first kappa shape index (κ1) is 19.1. The van der Waals surface area contributed by atoms with Crippen LogP contribution in [0.3, 0.4) is 0 Å². The van der Waals surface area contributed by atoms with E-state index in [9.17, 15) is 0 Å². The summed E-state index contributed by atoms with van der Waals surface area (Å²) in [7, 11) is 0. The molecule has 0 amide bonds. The van der Waals surface area contributed by atoms with Gasteiger partial charge in [-0.25, -0.2) is 9.97 Å². The number of nitrogens with two attached hydrogens (primary N) is 1. The van der Waals surface area contributed by atoms with E-state index in [-0.39, 0.29) is 6.54 Å². The highest BCUT2D eigenvalue weighted by molar-refractivity contribution is 7.99. The third-order valence-electron chi connectivity index (χ3n) is 3.66. The van der Waals surface area contributed by atoms with Crippen molar-refractivity contribution in [3.05, 3.63) is 71.8 Å². The summed E-state index contributed by atoms with van der Waals surface area (Å²) in [6, 6.07) is 22.4. The number of nitrogens with zero attached hydrogens (tertiary/aromatic N) is 3. The Bertz CT molecular complexity index is 911. The Balaban J connectivity index is 1.78. The fourth-order valence-electron chi connectivity index (χ4n) is 2.35. The lowest BCUT2D eigenvalue weighted by molar-refractivity contribution is 0.899. The van der Waals surface area contributed by atoms with Crippen molar-refractivity contribution in [1.29, 1.82) is 5.26 Å². The highest BCUT2D eigenvalue weighted by Crippen LogP contribution is 2.34. The normalized spacial score (nSPS) is 10.3. The number of nitrogen functional groups attached to an aromatic ring is 1. The van der Waals surface area contributed by atoms with Gasteiger partial charge >= 0.3 is 0 Å². The number of aromatic nitrogens is 2. The van der Waals surface area contributed by atoms with Crippen molar-refractivity contribution in [2.45, 2.75) is 21.7 Å². The second-order valence-electron chi connectivity index (χ2n) is 5.63. The van der Waals surface area contributed by atoms with Crippen LogP contribution in [0.4, 0.5) is 11.5 Å². The predicted molar refractivity (Wildman–Crippen MR) is 113 cm³/mol. The van der Waals surface area contributed by atoms with E-state index in [0.29, 0.717) is 16.7 Å². The zero-order valence-electron chi connectivity index (χ0n) is 14.6.